The van der Waals surface area contributed by atoms with Gasteiger partial charge in [0.25, 0.3) is 5.91 Å². The van der Waals surface area contributed by atoms with E-state index in [1.54, 1.807) is 6.07 Å². The van der Waals surface area contributed by atoms with E-state index in [0.29, 0.717) is 24.5 Å². The first-order valence-electron chi connectivity index (χ1n) is 7.87. The summed E-state index contributed by atoms with van der Waals surface area (Å²) in [5.74, 6) is 1.34. The van der Waals surface area contributed by atoms with Crippen molar-refractivity contribution in [2.24, 2.45) is 5.92 Å². The van der Waals surface area contributed by atoms with Gasteiger partial charge < -0.3 is 14.5 Å². The third kappa shape index (κ3) is 2.91. The van der Waals surface area contributed by atoms with Gasteiger partial charge in [0.05, 0.1) is 11.1 Å². The van der Waals surface area contributed by atoms with Gasteiger partial charge in [-0.15, -0.1) is 0 Å². The summed E-state index contributed by atoms with van der Waals surface area (Å²) < 4.78 is 12.3. The number of furan rings is 1. The van der Waals surface area contributed by atoms with Crippen molar-refractivity contribution in [2.75, 3.05) is 13.2 Å². The predicted molar refractivity (Wildman–Crippen MR) is 95.4 cm³/mol. The van der Waals surface area contributed by atoms with Gasteiger partial charge in [-0.2, -0.15) is 0 Å². The molecule has 2 heterocycles. The van der Waals surface area contributed by atoms with Gasteiger partial charge in [-0.05, 0) is 46.1 Å². The Morgan fingerprint density at radius 1 is 1.21 bits per heavy atom. The molecule has 0 spiro atoms. The maximum Gasteiger partial charge on any atom is 0.287 e. The number of benzene rings is 2. The summed E-state index contributed by atoms with van der Waals surface area (Å²) in [6.07, 6.45) is 0.905. The summed E-state index contributed by atoms with van der Waals surface area (Å²) in [6.45, 7) is 1.17. The van der Waals surface area contributed by atoms with Crippen LogP contribution in [-0.4, -0.2) is 19.1 Å². The maximum atomic E-state index is 12.4. The van der Waals surface area contributed by atoms with Gasteiger partial charge >= 0.3 is 0 Å². The molecule has 1 N–H and O–H groups in total. The molecular weight excluding hydrogens is 370 g/mol. The van der Waals surface area contributed by atoms with E-state index in [-0.39, 0.29) is 11.8 Å². The lowest BCUT2D eigenvalue weighted by atomic mass is 9.97. The standard InChI is InChI=1S/C19H16BrNO3/c20-15-6-3-5-14-9-17(24-18(14)15)19(22)21-10-12-8-13-4-1-2-7-16(13)23-11-12/h1-7,9,12H,8,10-11H2,(H,21,22). The van der Waals surface area contributed by atoms with Crippen LogP contribution < -0.4 is 10.1 Å². The third-order valence-corrected chi connectivity index (χ3v) is 4.85. The van der Waals surface area contributed by atoms with Crippen LogP contribution in [0.1, 0.15) is 16.1 Å². The van der Waals surface area contributed by atoms with Crippen molar-refractivity contribution in [2.45, 2.75) is 6.42 Å². The average molecular weight is 386 g/mol. The molecule has 1 aliphatic rings. The lowest BCUT2D eigenvalue weighted by Crippen LogP contribution is -2.34. The summed E-state index contributed by atoms with van der Waals surface area (Å²) in [7, 11) is 0. The van der Waals surface area contributed by atoms with Crippen LogP contribution in [0.2, 0.25) is 0 Å². The Kier molecular flexibility index (Phi) is 4.02. The van der Waals surface area contributed by atoms with E-state index in [0.717, 1.165) is 22.0 Å². The summed E-state index contributed by atoms with van der Waals surface area (Å²) in [5.41, 5.74) is 1.88. The van der Waals surface area contributed by atoms with Crippen molar-refractivity contribution in [1.82, 2.24) is 5.32 Å². The molecule has 0 bridgehead atoms. The number of carbonyl (C=O) groups excluding carboxylic acids is 1. The number of rotatable bonds is 3. The molecule has 0 saturated carbocycles. The minimum absolute atomic E-state index is 0.197. The number of amides is 1. The van der Waals surface area contributed by atoms with Gasteiger partial charge in [-0.3, -0.25) is 4.79 Å². The number of carbonyl (C=O) groups is 1. The molecule has 0 aliphatic carbocycles. The molecule has 1 atom stereocenters. The van der Waals surface area contributed by atoms with E-state index in [1.807, 2.05) is 36.4 Å². The van der Waals surface area contributed by atoms with Crippen molar-refractivity contribution >= 4 is 32.8 Å². The first kappa shape index (κ1) is 15.3. The fraction of sp³-hybridized carbons (Fsp3) is 0.211. The van der Waals surface area contributed by atoms with E-state index in [1.165, 1.54) is 5.56 Å². The van der Waals surface area contributed by atoms with Crippen molar-refractivity contribution in [1.29, 1.82) is 0 Å². The lowest BCUT2D eigenvalue weighted by molar-refractivity contribution is 0.0913. The molecular formula is C19H16BrNO3. The Morgan fingerprint density at radius 3 is 2.96 bits per heavy atom. The minimum atomic E-state index is -0.197. The Labute approximate surface area is 147 Å². The monoisotopic (exact) mass is 385 g/mol. The zero-order valence-corrected chi connectivity index (χ0v) is 14.5. The molecule has 3 aromatic rings. The number of hydrogen-bond acceptors (Lipinski definition) is 3. The lowest BCUT2D eigenvalue weighted by Gasteiger charge is -2.25. The normalized spacial score (nSPS) is 16.5. The highest BCUT2D eigenvalue weighted by atomic mass is 79.9. The van der Waals surface area contributed by atoms with Crippen LogP contribution in [0.5, 0.6) is 5.75 Å². The number of para-hydroxylation sites is 2. The van der Waals surface area contributed by atoms with E-state index in [2.05, 4.69) is 27.3 Å². The van der Waals surface area contributed by atoms with E-state index >= 15 is 0 Å². The summed E-state index contributed by atoms with van der Waals surface area (Å²) in [6, 6.07) is 15.5. The zero-order chi connectivity index (χ0) is 16.5. The number of fused-ring (bicyclic) bond motifs is 2. The van der Waals surface area contributed by atoms with Crippen LogP contribution in [0.25, 0.3) is 11.0 Å². The fourth-order valence-electron chi connectivity index (χ4n) is 2.99. The smallest absolute Gasteiger partial charge is 0.287 e. The predicted octanol–water partition coefficient (Wildman–Crippen LogP) is 4.18. The quantitative estimate of drug-likeness (QED) is 0.735. The molecule has 4 rings (SSSR count). The van der Waals surface area contributed by atoms with E-state index in [9.17, 15) is 4.79 Å². The molecule has 122 valence electrons. The van der Waals surface area contributed by atoms with Crippen LogP contribution in [0.4, 0.5) is 0 Å². The van der Waals surface area contributed by atoms with Crippen molar-refractivity contribution in [3.8, 4) is 5.75 Å². The van der Waals surface area contributed by atoms with Gasteiger partial charge in [-0.1, -0.05) is 30.3 Å². The highest BCUT2D eigenvalue weighted by Crippen LogP contribution is 2.28. The Bertz CT molecular complexity index is 903. The molecule has 0 fully saturated rings. The molecule has 0 saturated heterocycles. The highest BCUT2D eigenvalue weighted by molar-refractivity contribution is 9.10. The number of nitrogens with one attached hydrogen (secondary N) is 1. The van der Waals surface area contributed by atoms with Crippen molar-refractivity contribution in [3.63, 3.8) is 0 Å². The zero-order valence-electron chi connectivity index (χ0n) is 12.9. The fourth-order valence-corrected chi connectivity index (χ4v) is 3.45. The van der Waals surface area contributed by atoms with Gasteiger partial charge in [0.15, 0.2) is 5.76 Å². The SMILES string of the molecule is O=C(NCC1COc2ccccc2C1)c1cc2cccc(Br)c2o1. The Hall–Kier alpha value is -2.27. The number of halogens is 1. The Morgan fingerprint density at radius 2 is 2.08 bits per heavy atom. The van der Waals surface area contributed by atoms with Gasteiger partial charge in [0.2, 0.25) is 0 Å². The summed E-state index contributed by atoms with van der Waals surface area (Å²) in [5, 5.41) is 3.86. The molecule has 0 radical (unpaired) electrons. The van der Waals surface area contributed by atoms with Crippen molar-refractivity contribution < 1.29 is 13.9 Å². The summed E-state index contributed by atoms with van der Waals surface area (Å²) in [4.78, 5) is 12.4. The van der Waals surface area contributed by atoms with Crippen LogP contribution in [-0.2, 0) is 6.42 Å². The molecule has 4 nitrogen and oxygen atoms in total. The number of hydrogen-bond donors (Lipinski definition) is 1. The highest BCUT2D eigenvalue weighted by Gasteiger charge is 2.21. The molecule has 1 unspecified atom stereocenters. The average Bonchev–Trinajstić information content (AvgIpc) is 3.05. The third-order valence-electron chi connectivity index (χ3n) is 4.23. The topological polar surface area (TPSA) is 51.5 Å². The van der Waals surface area contributed by atoms with Crippen molar-refractivity contribution in [3.05, 3.63) is 64.3 Å². The number of ether oxygens (including phenoxy) is 1. The minimum Gasteiger partial charge on any atom is -0.493 e. The van der Waals surface area contributed by atoms with E-state index < -0.39 is 0 Å². The summed E-state index contributed by atoms with van der Waals surface area (Å²) >= 11 is 3.43. The van der Waals surface area contributed by atoms with Crippen LogP contribution in [0.15, 0.2) is 57.4 Å². The maximum absolute atomic E-state index is 12.4. The van der Waals surface area contributed by atoms with Gasteiger partial charge in [-0.25, -0.2) is 0 Å². The second kappa shape index (κ2) is 6.32. The van der Waals surface area contributed by atoms with Gasteiger partial charge in [0, 0.05) is 17.8 Å². The molecule has 1 aromatic heterocycles. The van der Waals surface area contributed by atoms with Crippen LogP contribution >= 0.6 is 15.9 Å². The molecule has 5 heteroatoms. The van der Waals surface area contributed by atoms with Crippen LogP contribution in [0.3, 0.4) is 0 Å². The second-order valence-corrected chi connectivity index (χ2v) is 6.82. The molecule has 2 aromatic carbocycles. The van der Waals surface area contributed by atoms with E-state index in [4.69, 9.17) is 9.15 Å². The van der Waals surface area contributed by atoms with Crippen LogP contribution in [0, 0.1) is 5.92 Å². The second-order valence-electron chi connectivity index (χ2n) is 5.97. The first-order chi connectivity index (χ1) is 11.7. The first-order valence-corrected chi connectivity index (χ1v) is 8.67. The Balaban J connectivity index is 1.42. The van der Waals surface area contributed by atoms with Gasteiger partial charge in [0.1, 0.15) is 11.3 Å². The molecule has 1 aliphatic heterocycles. The molecule has 24 heavy (non-hydrogen) atoms. The molecule has 1 amide bonds. The largest absolute Gasteiger partial charge is 0.493 e.